The zero-order valence-corrected chi connectivity index (χ0v) is 13.3. The number of benzene rings is 1. The predicted octanol–water partition coefficient (Wildman–Crippen LogP) is 6.39. The summed E-state index contributed by atoms with van der Waals surface area (Å²) in [5.41, 5.74) is 2.11. The fourth-order valence-electron chi connectivity index (χ4n) is 1.53. The summed E-state index contributed by atoms with van der Waals surface area (Å²) >= 11 is 23.2. The smallest absolute Gasteiger partial charge is 0.0987 e. The molecule has 1 unspecified atom stereocenters. The minimum absolute atomic E-state index is 0.124. The Labute approximate surface area is 128 Å². The molecule has 0 bridgehead atoms. The SMILES string of the molecule is Clc1cc(C(Br)Cc2ccccc2Cl)c(Cl)s1. The van der Waals surface area contributed by atoms with Crippen molar-refractivity contribution in [1.29, 1.82) is 0 Å². The molecule has 0 fully saturated rings. The fraction of sp³-hybridized carbons (Fsp3) is 0.167. The molecule has 0 saturated heterocycles. The normalized spacial score (nSPS) is 12.7. The van der Waals surface area contributed by atoms with Gasteiger partial charge in [-0.05, 0) is 29.7 Å². The van der Waals surface area contributed by atoms with Gasteiger partial charge in [0.05, 0.1) is 8.67 Å². The molecule has 0 radical (unpaired) electrons. The van der Waals surface area contributed by atoms with E-state index in [1.807, 2.05) is 30.3 Å². The van der Waals surface area contributed by atoms with E-state index in [1.54, 1.807) is 0 Å². The Bertz CT molecular complexity index is 524. The third kappa shape index (κ3) is 3.39. The van der Waals surface area contributed by atoms with E-state index in [2.05, 4.69) is 15.9 Å². The maximum Gasteiger partial charge on any atom is 0.0987 e. The highest BCUT2D eigenvalue weighted by atomic mass is 79.9. The summed E-state index contributed by atoms with van der Waals surface area (Å²) in [6, 6.07) is 9.69. The second kappa shape index (κ2) is 5.94. The fourth-order valence-corrected chi connectivity index (χ4v) is 4.32. The molecule has 0 aliphatic rings. The second-order valence-corrected chi connectivity index (χ2v) is 7.34. The van der Waals surface area contributed by atoms with E-state index in [4.69, 9.17) is 34.8 Å². The zero-order chi connectivity index (χ0) is 12.4. The summed E-state index contributed by atoms with van der Waals surface area (Å²) in [5, 5.41) is 0.773. The molecule has 2 aromatic rings. The molecule has 1 atom stereocenters. The molecule has 0 aliphatic heterocycles. The van der Waals surface area contributed by atoms with Gasteiger partial charge in [-0.25, -0.2) is 0 Å². The molecule has 17 heavy (non-hydrogen) atoms. The lowest BCUT2D eigenvalue weighted by Gasteiger charge is -2.10. The molecule has 5 heteroatoms. The standard InChI is InChI=1S/C12H8BrCl3S/c13-9(8-6-11(15)17-12(8)16)5-7-3-1-2-4-10(7)14/h1-4,6,9H,5H2. The average molecular weight is 371 g/mol. The molecule has 1 aromatic heterocycles. The van der Waals surface area contributed by atoms with Crippen LogP contribution >= 0.6 is 62.1 Å². The van der Waals surface area contributed by atoms with Crippen molar-refractivity contribution in [2.75, 3.05) is 0 Å². The van der Waals surface area contributed by atoms with Crippen molar-refractivity contribution in [3.05, 3.63) is 55.2 Å². The van der Waals surface area contributed by atoms with Crippen molar-refractivity contribution in [2.45, 2.75) is 11.2 Å². The topological polar surface area (TPSA) is 0 Å². The number of thiophene rings is 1. The van der Waals surface area contributed by atoms with Crippen LogP contribution in [0.4, 0.5) is 0 Å². The van der Waals surface area contributed by atoms with Crippen molar-refractivity contribution in [1.82, 2.24) is 0 Å². The van der Waals surface area contributed by atoms with Gasteiger partial charge >= 0.3 is 0 Å². The lowest BCUT2D eigenvalue weighted by molar-refractivity contribution is 0.955. The highest BCUT2D eigenvalue weighted by Gasteiger charge is 2.16. The van der Waals surface area contributed by atoms with E-state index in [-0.39, 0.29) is 4.83 Å². The van der Waals surface area contributed by atoms with Crippen molar-refractivity contribution < 1.29 is 0 Å². The molecule has 90 valence electrons. The Morgan fingerprint density at radius 3 is 2.47 bits per heavy atom. The van der Waals surface area contributed by atoms with Crippen LogP contribution in [0.5, 0.6) is 0 Å². The van der Waals surface area contributed by atoms with Crippen molar-refractivity contribution >= 4 is 62.1 Å². The van der Waals surface area contributed by atoms with Crippen LogP contribution in [0, 0.1) is 0 Å². The van der Waals surface area contributed by atoms with Gasteiger partial charge in [0, 0.05) is 9.85 Å². The minimum atomic E-state index is 0.124. The van der Waals surface area contributed by atoms with Crippen molar-refractivity contribution in [3.63, 3.8) is 0 Å². The summed E-state index contributed by atoms with van der Waals surface area (Å²) in [7, 11) is 0. The first-order chi connectivity index (χ1) is 8.08. The maximum atomic E-state index is 6.12. The molecule has 0 saturated carbocycles. The minimum Gasteiger partial charge on any atom is -0.111 e. The molecule has 0 aliphatic carbocycles. The van der Waals surface area contributed by atoms with E-state index in [0.717, 1.165) is 26.9 Å². The largest absolute Gasteiger partial charge is 0.111 e. The number of alkyl halides is 1. The Kier molecular flexibility index (Phi) is 4.79. The summed E-state index contributed by atoms with van der Waals surface area (Å²) < 4.78 is 1.43. The van der Waals surface area contributed by atoms with Gasteiger partial charge in [-0.1, -0.05) is 68.9 Å². The van der Waals surface area contributed by atoms with E-state index in [0.29, 0.717) is 4.34 Å². The van der Waals surface area contributed by atoms with Gasteiger partial charge in [-0.2, -0.15) is 0 Å². The lowest BCUT2D eigenvalue weighted by atomic mass is 10.1. The maximum absolute atomic E-state index is 6.12. The van der Waals surface area contributed by atoms with Crippen LogP contribution in [-0.2, 0) is 6.42 Å². The van der Waals surface area contributed by atoms with Crippen LogP contribution in [-0.4, -0.2) is 0 Å². The highest BCUT2D eigenvalue weighted by Crippen LogP contribution is 2.40. The highest BCUT2D eigenvalue weighted by molar-refractivity contribution is 9.09. The molecular formula is C12H8BrCl3S. The van der Waals surface area contributed by atoms with Gasteiger partial charge in [0.15, 0.2) is 0 Å². The van der Waals surface area contributed by atoms with Crippen LogP contribution in [0.15, 0.2) is 30.3 Å². The summed E-state index contributed by atoms with van der Waals surface area (Å²) in [6.45, 7) is 0. The average Bonchev–Trinajstić information content (AvgIpc) is 2.61. The van der Waals surface area contributed by atoms with Crippen LogP contribution < -0.4 is 0 Å². The molecule has 2 rings (SSSR count). The Morgan fingerprint density at radius 1 is 1.18 bits per heavy atom. The van der Waals surface area contributed by atoms with Gasteiger partial charge in [0.25, 0.3) is 0 Å². The molecule has 0 N–H and O–H groups in total. The Balaban J connectivity index is 2.20. The van der Waals surface area contributed by atoms with Crippen LogP contribution in [0.25, 0.3) is 0 Å². The van der Waals surface area contributed by atoms with Gasteiger partial charge in [-0.3, -0.25) is 0 Å². The first-order valence-electron chi connectivity index (χ1n) is 4.90. The van der Waals surface area contributed by atoms with Crippen molar-refractivity contribution in [3.8, 4) is 0 Å². The van der Waals surface area contributed by atoms with E-state index < -0.39 is 0 Å². The third-order valence-corrected chi connectivity index (χ3v) is 5.08. The van der Waals surface area contributed by atoms with Gasteiger partial charge in [-0.15, -0.1) is 11.3 Å². The third-order valence-electron chi connectivity index (χ3n) is 2.38. The van der Waals surface area contributed by atoms with E-state index >= 15 is 0 Å². The van der Waals surface area contributed by atoms with Gasteiger partial charge < -0.3 is 0 Å². The quantitative estimate of drug-likeness (QED) is 0.549. The molecule has 0 spiro atoms. The monoisotopic (exact) mass is 368 g/mol. The lowest BCUT2D eigenvalue weighted by Crippen LogP contribution is -1.95. The molecule has 1 heterocycles. The number of halogens is 4. The number of rotatable bonds is 3. The predicted molar refractivity (Wildman–Crippen MR) is 81.2 cm³/mol. The van der Waals surface area contributed by atoms with Gasteiger partial charge in [0.2, 0.25) is 0 Å². The van der Waals surface area contributed by atoms with E-state index in [1.165, 1.54) is 11.3 Å². The van der Waals surface area contributed by atoms with E-state index in [9.17, 15) is 0 Å². The van der Waals surface area contributed by atoms with Crippen LogP contribution in [0.1, 0.15) is 16.0 Å². The molecular weight excluding hydrogens is 362 g/mol. The number of hydrogen-bond donors (Lipinski definition) is 0. The van der Waals surface area contributed by atoms with Gasteiger partial charge in [0.1, 0.15) is 0 Å². The summed E-state index contributed by atoms with van der Waals surface area (Å²) in [6.07, 6.45) is 0.784. The number of hydrogen-bond acceptors (Lipinski definition) is 1. The first-order valence-corrected chi connectivity index (χ1v) is 7.76. The summed E-state index contributed by atoms with van der Waals surface area (Å²) in [5.74, 6) is 0. The molecule has 1 aromatic carbocycles. The van der Waals surface area contributed by atoms with Crippen molar-refractivity contribution in [2.24, 2.45) is 0 Å². The first kappa shape index (κ1) is 13.7. The second-order valence-electron chi connectivity index (χ2n) is 3.54. The Hall–Kier alpha value is 0.270. The van der Waals surface area contributed by atoms with Crippen LogP contribution in [0.2, 0.25) is 13.7 Å². The summed E-state index contributed by atoms with van der Waals surface area (Å²) in [4.78, 5) is 0.124. The van der Waals surface area contributed by atoms with Crippen LogP contribution in [0.3, 0.4) is 0 Å². The Morgan fingerprint density at radius 2 is 1.88 bits per heavy atom. The zero-order valence-electron chi connectivity index (χ0n) is 8.59. The molecule has 0 nitrogen and oxygen atoms in total. The molecule has 0 amide bonds.